The van der Waals surface area contributed by atoms with Gasteiger partial charge in [0.05, 0.1) is 5.69 Å². The molecule has 1 fully saturated rings. The molecule has 1 saturated heterocycles. The van der Waals surface area contributed by atoms with Crippen LogP contribution in [0.1, 0.15) is 32.3 Å². The quantitative estimate of drug-likeness (QED) is 0.841. The molecule has 0 N–H and O–H groups in total. The molecule has 0 saturated carbocycles. The van der Waals surface area contributed by atoms with Crippen molar-refractivity contribution < 1.29 is 0 Å². The van der Waals surface area contributed by atoms with Crippen LogP contribution < -0.4 is 16.1 Å². The van der Waals surface area contributed by atoms with E-state index >= 15 is 0 Å². The summed E-state index contributed by atoms with van der Waals surface area (Å²) in [5, 5.41) is 0.572. The Morgan fingerprint density at radius 3 is 2.65 bits per heavy atom. The molecule has 0 radical (unpaired) electrons. The van der Waals surface area contributed by atoms with Gasteiger partial charge in [-0.2, -0.15) is 0 Å². The molecule has 1 atom stereocenters. The molecule has 1 aliphatic rings. The van der Waals surface area contributed by atoms with E-state index in [2.05, 4.69) is 23.7 Å². The summed E-state index contributed by atoms with van der Waals surface area (Å²) >= 11 is 0. The second-order valence-electron chi connectivity index (χ2n) is 6.58. The lowest BCUT2D eigenvalue weighted by Gasteiger charge is -2.34. The molecule has 0 aliphatic carbocycles. The molecule has 2 aromatic heterocycles. The highest BCUT2D eigenvalue weighted by Crippen LogP contribution is 2.30. The van der Waals surface area contributed by atoms with Gasteiger partial charge in [0.15, 0.2) is 5.65 Å². The number of pyridine rings is 1. The Labute approximate surface area is 135 Å². The fourth-order valence-electron chi connectivity index (χ4n) is 3.57. The highest BCUT2D eigenvalue weighted by atomic mass is 16.2. The van der Waals surface area contributed by atoms with Crippen LogP contribution in [-0.4, -0.2) is 27.2 Å². The zero-order chi connectivity index (χ0) is 16.7. The fourth-order valence-corrected chi connectivity index (χ4v) is 3.57. The minimum Gasteiger partial charge on any atom is -0.370 e. The third-order valence-electron chi connectivity index (χ3n) is 4.87. The Kier molecular flexibility index (Phi) is 4.00. The largest absolute Gasteiger partial charge is 0.370 e. The van der Waals surface area contributed by atoms with Crippen molar-refractivity contribution in [2.75, 3.05) is 18.0 Å². The van der Waals surface area contributed by atoms with Crippen molar-refractivity contribution in [2.45, 2.75) is 33.1 Å². The summed E-state index contributed by atoms with van der Waals surface area (Å²) in [4.78, 5) is 31.7. The molecule has 1 unspecified atom stereocenters. The predicted octanol–water partition coefficient (Wildman–Crippen LogP) is 1.43. The molecule has 1 aliphatic heterocycles. The van der Waals surface area contributed by atoms with Crippen LogP contribution in [0.4, 0.5) is 5.69 Å². The van der Waals surface area contributed by atoms with Crippen LogP contribution in [0.2, 0.25) is 0 Å². The van der Waals surface area contributed by atoms with Gasteiger partial charge in [0.25, 0.3) is 5.56 Å². The molecular formula is C17H24N4O2. The summed E-state index contributed by atoms with van der Waals surface area (Å²) in [6, 6.07) is 0. The van der Waals surface area contributed by atoms with Crippen LogP contribution in [-0.2, 0) is 20.5 Å². The lowest BCUT2D eigenvalue weighted by Crippen LogP contribution is -2.40. The molecule has 124 valence electrons. The topological polar surface area (TPSA) is 60.1 Å². The maximum atomic E-state index is 12.8. The van der Waals surface area contributed by atoms with Crippen molar-refractivity contribution in [3.63, 3.8) is 0 Å². The maximum Gasteiger partial charge on any atom is 0.332 e. The highest BCUT2D eigenvalue weighted by molar-refractivity contribution is 5.90. The van der Waals surface area contributed by atoms with E-state index in [-0.39, 0.29) is 11.2 Å². The molecule has 0 bridgehead atoms. The molecule has 6 nitrogen and oxygen atoms in total. The first-order chi connectivity index (χ1) is 11.0. The number of hydrogen-bond donors (Lipinski definition) is 0. The van der Waals surface area contributed by atoms with Crippen molar-refractivity contribution in [1.82, 2.24) is 14.1 Å². The molecule has 3 heterocycles. The number of aryl methyl sites for hydroxylation is 2. The van der Waals surface area contributed by atoms with E-state index in [1.165, 1.54) is 22.6 Å². The number of rotatable bonds is 2. The molecule has 23 heavy (non-hydrogen) atoms. The van der Waals surface area contributed by atoms with Gasteiger partial charge in [-0.1, -0.05) is 13.8 Å². The van der Waals surface area contributed by atoms with Gasteiger partial charge >= 0.3 is 5.69 Å². The smallest absolute Gasteiger partial charge is 0.332 e. The van der Waals surface area contributed by atoms with Crippen LogP contribution in [0.25, 0.3) is 11.0 Å². The van der Waals surface area contributed by atoms with E-state index in [1.807, 2.05) is 6.20 Å². The summed E-state index contributed by atoms with van der Waals surface area (Å²) in [5.74, 6) is 0.605. The van der Waals surface area contributed by atoms with Gasteiger partial charge in [-0.15, -0.1) is 0 Å². The first-order valence-electron chi connectivity index (χ1n) is 8.28. The molecule has 0 spiro atoms. The lowest BCUT2D eigenvalue weighted by atomic mass is 9.98. The van der Waals surface area contributed by atoms with E-state index in [4.69, 9.17) is 0 Å². The monoisotopic (exact) mass is 316 g/mol. The molecule has 3 rings (SSSR count). The Morgan fingerprint density at radius 2 is 2.00 bits per heavy atom. The molecule has 0 aromatic carbocycles. The second kappa shape index (κ2) is 5.83. The summed E-state index contributed by atoms with van der Waals surface area (Å²) in [7, 11) is 3.21. The Morgan fingerprint density at radius 1 is 1.26 bits per heavy atom. The van der Waals surface area contributed by atoms with Crippen molar-refractivity contribution in [3.05, 3.63) is 32.6 Å². The number of aromatic nitrogens is 3. The van der Waals surface area contributed by atoms with E-state index in [1.54, 1.807) is 7.05 Å². The molecule has 6 heteroatoms. The van der Waals surface area contributed by atoms with Crippen LogP contribution >= 0.6 is 0 Å². The zero-order valence-corrected chi connectivity index (χ0v) is 14.3. The van der Waals surface area contributed by atoms with E-state index in [0.29, 0.717) is 17.0 Å². The zero-order valence-electron chi connectivity index (χ0n) is 14.3. The van der Waals surface area contributed by atoms with Crippen LogP contribution in [0.15, 0.2) is 15.8 Å². The Hall–Kier alpha value is -2.11. The van der Waals surface area contributed by atoms with E-state index in [0.717, 1.165) is 37.2 Å². The SMILES string of the molecule is CCc1cnc2c(c1N1CCCC(C)C1)c(=O)n(C)c(=O)n2C. The number of nitrogens with zero attached hydrogens (tertiary/aromatic N) is 4. The predicted molar refractivity (Wildman–Crippen MR) is 92.2 cm³/mol. The van der Waals surface area contributed by atoms with Crippen LogP contribution in [0, 0.1) is 5.92 Å². The van der Waals surface area contributed by atoms with Gasteiger partial charge in [-0.05, 0) is 30.7 Å². The van der Waals surface area contributed by atoms with Gasteiger partial charge in [0.1, 0.15) is 5.39 Å². The summed E-state index contributed by atoms with van der Waals surface area (Å²) < 4.78 is 2.65. The molecule has 0 amide bonds. The average molecular weight is 316 g/mol. The van der Waals surface area contributed by atoms with Crippen molar-refractivity contribution >= 4 is 16.7 Å². The number of anilines is 1. The van der Waals surface area contributed by atoms with Gasteiger partial charge in [-0.25, -0.2) is 9.78 Å². The van der Waals surface area contributed by atoms with Crippen molar-refractivity contribution in [2.24, 2.45) is 20.0 Å². The standard InChI is InChI=1S/C17H24N4O2/c1-5-12-9-18-15-13(16(22)20(4)17(23)19(15)3)14(12)21-8-6-7-11(2)10-21/h9,11H,5-8,10H2,1-4H3. The van der Waals surface area contributed by atoms with E-state index in [9.17, 15) is 9.59 Å². The highest BCUT2D eigenvalue weighted by Gasteiger charge is 2.24. The lowest BCUT2D eigenvalue weighted by molar-refractivity contribution is 0.446. The third kappa shape index (κ3) is 2.46. The fraction of sp³-hybridized carbons (Fsp3) is 0.588. The third-order valence-corrected chi connectivity index (χ3v) is 4.87. The van der Waals surface area contributed by atoms with Crippen molar-refractivity contribution in [3.8, 4) is 0 Å². The Bertz CT molecular complexity index is 865. The molecule has 2 aromatic rings. The second-order valence-corrected chi connectivity index (χ2v) is 6.58. The summed E-state index contributed by atoms with van der Waals surface area (Å²) in [5.41, 5.74) is 1.93. The summed E-state index contributed by atoms with van der Waals surface area (Å²) in [6.07, 6.45) is 4.97. The van der Waals surface area contributed by atoms with Gasteiger partial charge in [-0.3, -0.25) is 13.9 Å². The molecular weight excluding hydrogens is 292 g/mol. The summed E-state index contributed by atoms with van der Waals surface area (Å²) in [6.45, 7) is 6.21. The van der Waals surface area contributed by atoms with Gasteiger partial charge in [0, 0.05) is 33.4 Å². The first-order valence-corrected chi connectivity index (χ1v) is 8.28. The number of piperidine rings is 1. The minimum absolute atomic E-state index is 0.251. The van der Waals surface area contributed by atoms with E-state index < -0.39 is 0 Å². The van der Waals surface area contributed by atoms with Crippen LogP contribution in [0.5, 0.6) is 0 Å². The normalized spacial score (nSPS) is 18.6. The Balaban J connectivity index is 2.38. The van der Waals surface area contributed by atoms with Gasteiger partial charge in [0.2, 0.25) is 0 Å². The minimum atomic E-state index is -0.336. The average Bonchev–Trinajstić information content (AvgIpc) is 2.56. The first kappa shape index (κ1) is 15.8. The van der Waals surface area contributed by atoms with Crippen LogP contribution in [0.3, 0.4) is 0 Å². The maximum absolute atomic E-state index is 12.8. The number of fused-ring (bicyclic) bond motifs is 1. The number of hydrogen-bond acceptors (Lipinski definition) is 4. The van der Waals surface area contributed by atoms with Crippen molar-refractivity contribution in [1.29, 1.82) is 0 Å². The van der Waals surface area contributed by atoms with Gasteiger partial charge < -0.3 is 4.90 Å².